The first-order valence-electron chi connectivity index (χ1n) is 10.1. The molecule has 0 atom stereocenters. The number of nitrogens with zero attached hydrogens (tertiary/aromatic N) is 4. The Hall–Kier alpha value is -4.08. The van der Waals surface area contributed by atoms with Gasteiger partial charge in [0.15, 0.2) is 5.54 Å². The first kappa shape index (κ1) is 23.1. The van der Waals surface area contributed by atoms with Gasteiger partial charge in [0.2, 0.25) is 10.0 Å². The molecule has 0 unspecified atom stereocenters. The minimum atomic E-state index is -3.50. The Morgan fingerprint density at radius 3 is 2.59 bits per heavy atom. The molecule has 0 bridgehead atoms. The second-order valence-electron chi connectivity index (χ2n) is 8.18. The molecule has 3 heterocycles. The first-order valence-corrected chi connectivity index (χ1v) is 12.0. The largest absolute Gasteiger partial charge is 0.398 e. The highest BCUT2D eigenvalue weighted by Crippen LogP contribution is 2.31. The van der Waals surface area contributed by atoms with Gasteiger partial charge < -0.3 is 16.4 Å². The van der Waals surface area contributed by atoms with E-state index in [0.29, 0.717) is 16.5 Å². The normalized spacial score (nSPS) is 15.2. The maximum absolute atomic E-state index is 12.4. The number of nitriles is 1. The number of nitrogens with one attached hydrogen (secondary N) is 2. The van der Waals surface area contributed by atoms with Crippen molar-refractivity contribution in [3.8, 4) is 17.2 Å². The molecule has 1 aromatic carbocycles. The Morgan fingerprint density at radius 2 is 1.94 bits per heavy atom. The number of sulfonamides is 1. The molecule has 34 heavy (non-hydrogen) atoms. The van der Waals surface area contributed by atoms with Crippen LogP contribution in [0.2, 0.25) is 0 Å². The van der Waals surface area contributed by atoms with E-state index in [4.69, 9.17) is 5.73 Å². The van der Waals surface area contributed by atoms with Gasteiger partial charge in [-0.3, -0.25) is 14.6 Å². The predicted octanol–water partition coefficient (Wildman–Crippen LogP) is 0.780. The lowest BCUT2D eigenvalue weighted by molar-refractivity contribution is -0.137. The molecule has 2 aromatic heterocycles. The number of aryl methyl sites for hydroxylation is 1. The zero-order chi connectivity index (χ0) is 24.7. The van der Waals surface area contributed by atoms with E-state index in [-0.39, 0.29) is 18.9 Å². The number of amides is 2. The number of carbonyl (C=O) groups is 2. The lowest BCUT2D eigenvalue weighted by atomic mass is 9.94. The first-order chi connectivity index (χ1) is 16.0. The van der Waals surface area contributed by atoms with E-state index in [1.54, 1.807) is 18.5 Å². The third-order valence-electron chi connectivity index (χ3n) is 5.60. The molecule has 174 valence electrons. The maximum atomic E-state index is 12.4. The number of carbonyl (C=O) groups excluding carboxylic acids is 2. The minimum absolute atomic E-state index is 0.115. The monoisotopic (exact) mass is 479 g/mol. The van der Waals surface area contributed by atoms with E-state index in [1.165, 1.54) is 6.20 Å². The van der Waals surface area contributed by atoms with Crippen molar-refractivity contribution in [2.45, 2.75) is 12.5 Å². The lowest BCUT2D eigenvalue weighted by Gasteiger charge is -2.43. The molecule has 1 aliphatic heterocycles. The van der Waals surface area contributed by atoms with Crippen LogP contribution >= 0.6 is 0 Å². The second-order valence-corrected chi connectivity index (χ2v) is 10.2. The van der Waals surface area contributed by atoms with Crippen LogP contribution < -0.4 is 16.4 Å². The summed E-state index contributed by atoms with van der Waals surface area (Å²) in [5.74, 6) is -1.99. The molecular weight excluding hydrogens is 458 g/mol. The van der Waals surface area contributed by atoms with E-state index in [1.807, 2.05) is 31.2 Å². The summed E-state index contributed by atoms with van der Waals surface area (Å²) in [6, 6.07) is 9.04. The highest BCUT2D eigenvalue weighted by Gasteiger charge is 2.49. The molecule has 0 radical (unpaired) electrons. The van der Waals surface area contributed by atoms with Crippen molar-refractivity contribution in [2.75, 3.05) is 30.4 Å². The van der Waals surface area contributed by atoms with Crippen molar-refractivity contribution in [3.05, 3.63) is 48.4 Å². The predicted molar refractivity (Wildman–Crippen MR) is 126 cm³/mol. The Morgan fingerprint density at radius 1 is 1.21 bits per heavy atom. The van der Waals surface area contributed by atoms with Crippen molar-refractivity contribution in [2.24, 2.45) is 0 Å². The van der Waals surface area contributed by atoms with Crippen LogP contribution in [0.5, 0.6) is 0 Å². The highest BCUT2D eigenvalue weighted by atomic mass is 32.2. The Balaban J connectivity index is 1.53. The van der Waals surface area contributed by atoms with Gasteiger partial charge >= 0.3 is 11.8 Å². The zero-order valence-corrected chi connectivity index (χ0v) is 19.2. The summed E-state index contributed by atoms with van der Waals surface area (Å²) in [5, 5.41) is 15.5. The smallest absolute Gasteiger partial charge is 0.314 e. The molecule has 1 aliphatic rings. The molecule has 2 amide bonds. The van der Waals surface area contributed by atoms with Crippen LogP contribution in [0.15, 0.2) is 42.9 Å². The quantitative estimate of drug-likeness (QED) is 0.364. The number of anilines is 2. The summed E-state index contributed by atoms with van der Waals surface area (Å²) < 4.78 is 24.1. The molecule has 11 nitrogen and oxygen atoms in total. The SMILES string of the molecule is Cc1ccncc1-c1cc(N)c2cnc(NC(=O)C(=O)NC3(C#N)CN(S(C)(=O)=O)C3)cc2c1. The number of hydrogen-bond donors (Lipinski definition) is 3. The number of aromatic nitrogens is 2. The summed E-state index contributed by atoms with van der Waals surface area (Å²) >= 11 is 0. The fourth-order valence-electron chi connectivity index (χ4n) is 3.69. The van der Waals surface area contributed by atoms with Gasteiger partial charge in [-0.05, 0) is 47.7 Å². The molecule has 4 N–H and O–H groups in total. The number of rotatable bonds is 4. The van der Waals surface area contributed by atoms with Crippen LogP contribution in [0.4, 0.5) is 11.5 Å². The van der Waals surface area contributed by atoms with Crippen molar-refractivity contribution in [1.82, 2.24) is 19.6 Å². The van der Waals surface area contributed by atoms with Crippen LogP contribution in [0.25, 0.3) is 21.9 Å². The third-order valence-corrected chi connectivity index (χ3v) is 6.79. The summed E-state index contributed by atoms with van der Waals surface area (Å²) in [7, 11) is -3.50. The van der Waals surface area contributed by atoms with Crippen LogP contribution in [-0.4, -0.2) is 59.4 Å². The zero-order valence-electron chi connectivity index (χ0n) is 18.4. The van der Waals surface area contributed by atoms with Crippen molar-refractivity contribution >= 4 is 44.1 Å². The molecule has 3 aromatic rings. The summed E-state index contributed by atoms with van der Waals surface area (Å²) in [6.45, 7) is 1.50. The van der Waals surface area contributed by atoms with Crippen LogP contribution in [0, 0.1) is 18.3 Å². The average molecular weight is 480 g/mol. The molecule has 1 fully saturated rings. The molecule has 0 saturated carbocycles. The summed E-state index contributed by atoms with van der Waals surface area (Å²) in [4.78, 5) is 33.1. The van der Waals surface area contributed by atoms with E-state index >= 15 is 0 Å². The summed E-state index contributed by atoms with van der Waals surface area (Å²) in [6.07, 6.45) is 5.93. The van der Waals surface area contributed by atoms with Gasteiger partial charge in [-0.15, -0.1) is 0 Å². The fourth-order valence-corrected chi connectivity index (χ4v) is 4.60. The number of fused-ring (bicyclic) bond motifs is 1. The van der Waals surface area contributed by atoms with Gasteiger partial charge in [-0.2, -0.15) is 9.57 Å². The Kier molecular flexibility index (Phi) is 5.68. The van der Waals surface area contributed by atoms with E-state index in [2.05, 4.69) is 20.6 Å². The highest BCUT2D eigenvalue weighted by molar-refractivity contribution is 7.88. The number of benzene rings is 1. The summed E-state index contributed by atoms with van der Waals surface area (Å²) in [5.41, 5.74) is 8.00. The topological polar surface area (TPSA) is 171 Å². The molecule has 12 heteroatoms. The van der Waals surface area contributed by atoms with Gasteiger partial charge in [0.05, 0.1) is 25.4 Å². The van der Waals surface area contributed by atoms with Gasteiger partial charge in [-0.25, -0.2) is 13.4 Å². The van der Waals surface area contributed by atoms with E-state index < -0.39 is 27.4 Å². The van der Waals surface area contributed by atoms with Crippen LogP contribution in [0.1, 0.15) is 5.56 Å². The lowest BCUT2D eigenvalue weighted by Crippen LogP contribution is -2.71. The minimum Gasteiger partial charge on any atom is -0.398 e. The third kappa shape index (κ3) is 4.39. The Bertz CT molecular complexity index is 1470. The van der Waals surface area contributed by atoms with Gasteiger partial charge in [0.25, 0.3) is 0 Å². The van der Waals surface area contributed by atoms with Crippen LogP contribution in [0.3, 0.4) is 0 Å². The van der Waals surface area contributed by atoms with Crippen molar-refractivity contribution in [1.29, 1.82) is 5.26 Å². The maximum Gasteiger partial charge on any atom is 0.314 e. The van der Waals surface area contributed by atoms with Crippen molar-refractivity contribution in [3.63, 3.8) is 0 Å². The second kappa shape index (κ2) is 8.36. The number of nitrogens with two attached hydrogens (primary N) is 1. The molecule has 4 rings (SSSR count). The van der Waals surface area contributed by atoms with Gasteiger partial charge in [0, 0.05) is 35.2 Å². The standard InChI is InChI=1S/C22H21N7O4S/c1-13-3-4-25-8-16(13)14-5-15-7-19(26-9-17(15)18(24)6-14)27-20(30)21(31)28-22(10-23)11-29(12-22)34(2,32)33/h3-9H,11-12,24H2,1-2H3,(H,28,31)(H,26,27,30). The van der Waals surface area contributed by atoms with E-state index in [0.717, 1.165) is 27.3 Å². The average Bonchev–Trinajstić information content (AvgIpc) is 2.75. The Labute approximate surface area is 195 Å². The van der Waals surface area contributed by atoms with Crippen LogP contribution in [-0.2, 0) is 19.6 Å². The molecular formula is C22H21N7O4S. The van der Waals surface area contributed by atoms with Gasteiger partial charge in [-0.1, -0.05) is 0 Å². The molecule has 0 spiro atoms. The fraction of sp³-hybridized carbons (Fsp3) is 0.227. The van der Waals surface area contributed by atoms with Gasteiger partial charge in [0.1, 0.15) is 5.82 Å². The number of nitrogen functional groups attached to an aromatic ring is 1. The molecule has 1 saturated heterocycles. The molecule has 0 aliphatic carbocycles. The van der Waals surface area contributed by atoms with E-state index in [9.17, 15) is 23.3 Å². The number of hydrogen-bond acceptors (Lipinski definition) is 8. The van der Waals surface area contributed by atoms with Crippen molar-refractivity contribution < 1.29 is 18.0 Å². The number of pyridine rings is 2.